The summed E-state index contributed by atoms with van der Waals surface area (Å²) in [5.74, 6) is -0.207. The first kappa shape index (κ1) is 26.4. The molecule has 1 aromatic heterocycles. The fraction of sp³-hybridized carbons (Fsp3) is 0.655. The summed E-state index contributed by atoms with van der Waals surface area (Å²) < 4.78 is 18.7. The number of carbonyl (C=O) groups excluding carboxylic acids is 2. The van der Waals surface area contributed by atoms with E-state index in [1.807, 2.05) is 24.4 Å². The second-order valence-corrected chi connectivity index (χ2v) is 11.7. The van der Waals surface area contributed by atoms with Gasteiger partial charge in [-0.3, -0.25) is 14.6 Å². The molecule has 3 heterocycles. The summed E-state index contributed by atoms with van der Waals surface area (Å²) in [4.78, 5) is 31.7. The molecule has 37 heavy (non-hydrogen) atoms. The van der Waals surface area contributed by atoms with Crippen LogP contribution >= 0.6 is 0 Å². The molecule has 0 spiro atoms. The third-order valence-corrected chi connectivity index (χ3v) is 9.17. The Morgan fingerprint density at radius 2 is 1.46 bits per heavy atom. The quantitative estimate of drug-likeness (QED) is 0.378. The second-order valence-electron chi connectivity index (χ2n) is 11.7. The lowest BCUT2D eigenvalue weighted by atomic mass is 10.00. The van der Waals surface area contributed by atoms with Crippen LogP contribution in [0, 0.1) is 16.7 Å². The molecule has 5 rings (SSSR count). The van der Waals surface area contributed by atoms with Crippen molar-refractivity contribution in [1.82, 2.24) is 14.4 Å². The van der Waals surface area contributed by atoms with Crippen LogP contribution < -0.4 is 0 Å². The Hall–Kier alpha value is -2.26. The number of carbonyl (C=O) groups is 2. The van der Waals surface area contributed by atoms with Gasteiger partial charge in [-0.1, -0.05) is 39.8 Å². The van der Waals surface area contributed by atoms with Crippen LogP contribution in [0.3, 0.4) is 0 Å². The van der Waals surface area contributed by atoms with Gasteiger partial charge in [-0.05, 0) is 16.9 Å². The molecular formula is C29H41N3O5. The molecule has 8 nitrogen and oxygen atoms in total. The van der Waals surface area contributed by atoms with Crippen molar-refractivity contribution in [3.05, 3.63) is 35.5 Å². The molecule has 1 saturated carbocycles. The molecule has 1 aliphatic carbocycles. The number of esters is 1. The smallest absolute Gasteiger partial charge is 0.340 e. The van der Waals surface area contributed by atoms with E-state index in [0.29, 0.717) is 30.8 Å². The topological polar surface area (TPSA) is 73.2 Å². The Morgan fingerprint density at radius 1 is 0.865 bits per heavy atom. The first-order chi connectivity index (χ1) is 17.7. The van der Waals surface area contributed by atoms with Crippen molar-refractivity contribution in [1.29, 1.82) is 0 Å². The van der Waals surface area contributed by atoms with Crippen LogP contribution in [-0.2, 0) is 20.8 Å². The van der Waals surface area contributed by atoms with Crippen molar-refractivity contribution in [3.8, 4) is 0 Å². The van der Waals surface area contributed by atoms with E-state index in [-0.39, 0.29) is 28.5 Å². The van der Waals surface area contributed by atoms with Crippen LogP contribution in [0.25, 0.3) is 10.9 Å². The summed E-state index contributed by atoms with van der Waals surface area (Å²) in [5.41, 5.74) is 1.93. The van der Waals surface area contributed by atoms with Gasteiger partial charge in [-0.2, -0.15) is 0 Å². The highest BCUT2D eigenvalue weighted by Gasteiger charge is 2.68. The van der Waals surface area contributed by atoms with E-state index in [2.05, 4.69) is 42.1 Å². The zero-order chi connectivity index (χ0) is 26.2. The number of ether oxygens (including phenoxy) is 3. The Bertz CT molecular complexity index is 1130. The second kappa shape index (κ2) is 10.5. The molecule has 2 saturated heterocycles. The monoisotopic (exact) mass is 511 g/mol. The average Bonchev–Trinajstić information content (AvgIpc) is 3.14. The van der Waals surface area contributed by atoms with Gasteiger partial charge in [0.15, 0.2) is 5.78 Å². The minimum atomic E-state index is -0.337. The summed E-state index contributed by atoms with van der Waals surface area (Å²) in [6, 6.07) is 5.66. The molecule has 2 aliphatic heterocycles. The van der Waals surface area contributed by atoms with Crippen LogP contribution in [0.15, 0.2) is 24.4 Å². The lowest BCUT2D eigenvalue weighted by Crippen LogP contribution is -2.38. The van der Waals surface area contributed by atoms with Gasteiger partial charge in [-0.15, -0.1) is 0 Å². The first-order valence-electron chi connectivity index (χ1n) is 13.6. The Labute approximate surface area is 219 Å². The van der Waals surface area contributed by atoms with Crippen molar-refractivity contribution in [2.45, 2.75) is 34.2 Å². The van der Waals surface area contributed by atoms with Gasteiger partial charge >= 0.3 is 5.97 Å². The number of benzene rings is 1. The minimum Gasteiger partial charge on any atom is -0.461 e. The van der Waals surface area contributed by atoms with Crippen molar-refractivity contribution in [2.75, 3.05) is 72.3 Å². The number of fused-ring (bicyclic) bond motifs is 1. The van der Waals surface area contributed by atoms with Crippen LogP contribution in [0.1, 0.15) is 48.4 Å². The molecule has 0 atom stereocenters. The fourth-order valence-electron chi connectivity index (χ4n) is 6.15. The lowest BCUT2D eigenvalue weighted by molar-refractivity contribution is 0.0196. The molecular weight excluding hydrogens is 470 g/mol. The zero-order valence-electron chi connectivity index (χ0n) is 22.8. The van der Waals surface area contributed by atoms with Crippen LogP contribution in [0.4, 0.5) is 0 Å². The largest absolute Gasteiger partial charge is 0.461 e. The Balaban J connectivity index is 1.41. The van der Waals surface area contributed by atoms with Gasteiger partial charge in [0.2, 0.25) is 0 Å². The number of ketones is 1. The van der Waals surface area contributed by atoms with Crippen LogP contribution in [-0.4, -0.2) is 98.4 Å². The van der Waals surface area contributed by atoms with E-state index >= 15 is 0 Å². The van der Waals surface area contributed by atoms with Crippen molar-refractivity contribution < 1.29 is 23.8 Å². The maximum atomic E-state index is 13.8. The number of nitrogens with zero attached hydrogens (tertiary/aromatic N) is 3. The van der Waals surface area contributed by atoms with E-state index in [1.54, 1.807) is 0 Å². The predicted molar refractivity (Wildman–Crippen MR) is 142 cm³/mol. The fourth-order valence-corrected chi connectivity index (χ4v) is 6.15. The van der Waals surface area contributed by atoms with E-state index in [9.17, 15) is 9.59 Å². The molecule has 0 unspecified atom stereocenters. The Kier molecular flexibility index (Phi) is 7.47. The maximum absolute atomic E-state index is 13.8. The molecule has 1 aromatic carbocycles. The Morgan fingerprint density at radius 3 is 2.05 bits per heavy atom. The third kappa shape index (κ3) is 5.09. The third-order valence-electron chi connectivity index (χ3n) is 9.17. The molecule has 0 N–H and O–H groups in total. The number of hydrogen-bond donors (Lipinski definition) is 0. The van der Waals surface area contributed by atoms with E-state index < -0.39 is 0 Å². The van der Waals surface area contributed by atoms with E-state index in [1.165, 1.54) is 0 Å². The molecule has 8 heteroatoms. The van der Waals surface area contributed by atoms with Crippen LogP contribution in [0.5, 0.6) is 0 Å². The number of rotatable bonds is 9. The summed E-state index contributed by atoms with van der Waals surface area (Å²) in [5, 5.41) is 0.841. The molecule has 3 aliphatic rings. The molecule has 0 amide bonds. The highest BCUT2D eigenvalue weighted by atomic mass is 16.5. The van der Waals surface area contributed by atoms with Crippen molar-refractivity contribution >= 4 is 22.7 Å². The minimum absolute atomic E-state index is 0.0394. The standard InChI is InChI=1S/C29H41N3O5/c1-28(2)26(29(28,3)4)25(33)23-20-32(9-8-30-10-15-35-16-11-30)24-21(23)6-5-7-22(24)27(34)37-19-14-31-12-17-36-18-13-31/h5-7,20,26H,8-19H2,1-4H3. The highest BCUT2D eigenvalue weighted by Crippen LogP contribution is 2.69. The van der Waals surface area contributed by atoms with Crippen molar-refractivity contribution in [2.24, 2.45) is 16.7 Å². The summed E-state index contributed by atoms with van der Waals surface area (Å²) in [6.45, 7) is 17.7. The number of Topliss-reactive ketones (excluding diaryl/α,β-unsaturated/α-hetero) is 1. The number of para-hydroxylation sites is 1. The number of hydrogen-bond acceptors (Lipinski definition) is 7. The van der Waals surface area contributed by atoms with E-state index in [4.69, 9.17) is 14.2 Å². The number of aromatic nitrogens is 1. The number of morpholine rings is 2. The summed E-state index contributed by atoms with van der Waals surface area (Å²) in [6.07, 6.45) is 1.97. The van der Waals surface area contributed by atoms with E-state index in [0.717, 1.165) is 70.1 Å². The van der Waals surface area contributed by atoms with Crippen molar-refractivity contribution in [3.63, 3.8) is 0 Å². The molecule has 0 bridgehead atoms. The molecule has 2 aromatic rings. The predicted octanol–water partition coefficient (Wildman–Crippen LogP) is 3.33. The van der Waals surface area contributed by atoms with Gasteiger partial charge in [0.1, 0.15) is 6.61 Å². The summed E-state index contributed by atoms with van der Waals surface area (Å²) >= 11 is 0. The first-order valence-corrected chi connectivity index (χ1v) is 13.6. The lowest BCUT2D eigenvalue weighted by Gasteiger charge is -2.27. The maximum Gasteiger partial charge on any atom is 0.340 e. The zero-order valence-corrected chi connectivity index (χ0v) is 22.8. The average molecular weight is 512 g/mol. The SMILES string of the molecule is CC1(C)C(C(=O)c2cn(CCN3CCOCC3)c3c(C(=O)OCCN4CCOCC4)cccc23)C1(C)C. The van der Waals surface area contributed by atoms with Gasteiger partial charge in [-0.25, -0.2) is 4.79 Å². The normalized spacial score (nSPS) is 22.3. The summed E-state index contributed by atoms with van der Waals surface area (Å²) in [7, 11) is 0. The molecule has 0 radical (unpaired) electrons. The van der Waals surface area contributed by atoms with Crippen LogP contribution in [0.2, 0.25) is 0 Å². The highest BCUT2D eigenvalue weighted by molar-refractivity contribution is 6.14. The van der Waals surface area contributed by atoms with Gasteiger partial charge < -0.3 is 18.8 Å². The molecule has 3 fully saturated rings. The van der Waals surface area contributed by atoms with Gasteiger partial charge in [0.25, 0.3) is 0 Å². The molecule has 202 valence electrons. The van der Waals surface area contributed by atoms with Gasteiger partial charge in [0, 0.05) is 68.9 Å². The van der Waals surface area contributed by atoms with Gasteiger partial charge in [0.05, 0.1) is 37.5 Å².